The quantitative estimate of drug-likeness (QED) is 0.898. The van der Waals surface area contributed by atoms with Crippen molar-refractivity contribution in [1.29, 1.82) is 0 Å². The molecule has 1 saturated heterocycles. The van der Waals surface area contributed by atoms with Gasteiger partial charge in [-0.15, -0.1) is 0 Å². The maximum absolute atomic E-state index is 12.7. The average Bonchev–Trinajstić information content (AvgIpc) is 2.69. The summed E-state index contributed by atoms with van der Waals surface area (Å²) in [4.78, 5) is 19.0. The van der Waals surface area contributed by atoms with Crippen LogP contribution in [0.3, 0.4) is 0 Å². The zero-order chi connectivity index (χ0) is 18.5. The Labute approximate surface area is 155 Å². The monoisotopic (exact) mass is 353 g/mol. The van der Waals surface area contributed by atoms with Crippen LogP contribution in [0.1, 0.15) is 18.5 Å². The first-order valence-corrected chi connectivity index (χ1v) is 9.11. The number of hydrogen-bond donors (Lipinski definition) is 1. The molecule has 1 unspecified atom stereocenters. The molecule has 3 rings (SSSR count). The van der Waals surface area contributed by atoms with Gasteiger partial charge in [0, 0.05) is 38.9 Å². The first-order chi connectivity index (χ1) is 12.5. The number of likely N-dealkylation sites (N-methyl/N-ethyl adjacent to an activating group) is 1. The third-order valence-electron chi connectivity index (χ3n) is 5.20. The molecule has 1 aliphatic heterocycles. The Balaban J connectivity index is 1.50. The van der Waals surface area contributed by atoms with Crippen molar-refractivity contribution < 1.29 is 9.90 Å². The van der Waals surface area contributed by atoms with Crippen LogP contribution in [0.5, 0.6) is 5.75 Å². The molecule has 1 aliphatic rings. The standard InChI is InChI=1S/C21H27N3O2/c1-17(18-6-4-3-5-7-18)22(2)21(26)16-23-12-14-24(15-13-23)19-8-10-20(25)11-9-19/h3-11,17,25H,12-16H2,1-2H3. The number of piperazine rings is 1. The van der Waals surface area contributed by atoms with Crippen molar-refractivity contribution in [1.82, 2.24) is 9.80 Å². The van der Waals surface area contributed by atoms with Gasteiger partial charge in [-0.3, -0.25) is 9.69 Å². The minimum absolute atomic E-state index is 0.0713. The van der Waals surface area contributed by atoms with Gasteiger partial charge in [-0.05, 0) is 36.8 Å². The van der Waals surface area contributed by atoms with Crippen molar-refractivity contribution >= 4 is 11.6 Å². The van der Waals surface area contributed by atoms with Crippen LogP contribution in [0.4, 0.5) is 5.69 Å². The summed E-state index contributed by atoms with van der Waals surface area (Å²) in [7, 11) is 1.88. The largest absolute Gasteiger partial charge is 0.508 e. The highest BCUT2D eigenvalue weighted by molar-refractivity contribution is 5.78. The first kappa shape index (κ1) is 18.3. The number of phenols is 1. The minimum atomic E-state index is 0.0713. The molecule has 1 amide bonds. The molecule has 1 heterocycles. The fourth-order valence-electron chi connectivity index (χ4n) is 3.30. The molecule has 0 aliphatic carbocycles. The Morgan fingerprint density at radius 3 is 2.27 bits per heavy atom. The Bertz CT molecular complexity index is 710. The van der Waals surface area contributed by atoms with Gasteiger partial charge < -0.3 is 14.9 Å². The van der Waals surface area contributed by atoms with Crippen LogP contribution in [-0.4, -0.2) is 60.6 Å². The van der Waals surface area contributed by atoms with E-state index < -0.39 is 0 Å². The van der Waals surface area contributed by atoms with E-state index in [0.717, 1.165) is 37.4 Å². The van der Waals surface area contributed by atoms with Crippen LogP contribution in [-0.2, 0) is 4.79 Å². The fraction of sp³-hybridized carbons (Fsp3) is 0.381. The number of nitrogens with zero attached hydrogens (tertiary/aromatic N) is 3. The molecule has 26 heavy (non-hydrogen) atoms. The smallest absolute Gasteiger partial charge is 0.236 e. The Hall–Kier alpha value is -2.53. The molecular formula is C21H27N3O2. The molecule has 5 heteroatoms. The van der Waals surface area contributed by atoms with Crippen molar-refractivity contribution in [2.75, 3.05) is 44.7 Å². The second-order valence-corrected chi connectivity index (χ2v) is 6.87. The van der Waals surface area contributed by atoms with E-state index in [-0.39, 0.29) is 17.7 Å². The maximum atomic E-state index is 12.7. The topological polar surface area (TPSA) is 47.0 Å². The molecule has 0 radical (unpaired) electrons. The molecule has 0 saturated carbocycles. The van der Waals surface area contributed by atoms with E-state index in [1.165, 1.54) is 0 Å². The van der Waals surface area contributed by atoms with Crippen LogP contribution in [0.2, 0.25) is 0 Å². The summed E-state index contributed by atoms with van der Waals surface area (Å²) in [5, 5.41) is 9.41. The third kappa shape index (κ3) is 4.35. The Morgan fingerprint density at radius 1 is 1.04 bits per heavy atom. The second kappa shape index (κ2) is 8.23. The molecule has 138 valence electrons. The maximum Gasteiger partial charge on any atom is 0.236 e. The summed E-state index contributed by atoms with van der Waals surface area (Å²) in [5.74, 6) is 0.438. The van der Waals surface area contributed by atoms with E-state index in [9.17, 15) is 9.90 Å². The van der Waals surface area contributed by atoms with E-state index in [1.54, 1.807) is 12.1 Å². The minimum Gasteiger partial charge on any atom is -0.508 e. The lowest BCUT2D eigenvalue weighted by Crippen LogP contribution is -2.50. The molecule has 2 aromatic carbocycles. The van der Waals surface area contributed by atoms with Crippen molar-refractivity contribution in [2.24, 2.45) is 0 Å². The predicted molar refractivity (Wildman–Crippen MR) is 104 cm³/mol. The Kier molecular flexibility index (Phi) is 5.78. The van der Waals surface area contributed by atoms with Crippen LogP contribution in [0.25, 0.3) is 0 Å². The van der Waals surface area contributed by atoms with Crippen LogP contribution < -0.4 is 4.90 Å². The summed E-state index contributed by atoms with van der Waals surface area (Å²) in [6.07, 6.45) is 0. The summed E-state index contributed by atoms with van der Waals surface area (Å²) in [6.45, 7) is 6.01. The zero-order valence-corrected chi connectivity index (χ0v) is 15.5. The number of rotatable bonds is 5. The van der Waals surface area contributed by atoms with E-state index in [4.69, 9.17) is 0 Å². The number of amides is 1. The van der Waals surface area contributed by atoms with Gasteiger partial charge in [-0.1, -0.05) is 30.3 Å². The lowest BCUT2D eigenvalue weighted by molar-refractivity contribution is -0.133. The van der Waals surface area contributed by atoms with E-state index >= 15 is 0 Å². The van der Waals surface area contributed by atoms with Crippen LogP contribution >= 0.6 is 0 Å². The number of aromatic hydroxyl groups is 1. The molecule has 0 aromatic heterocycles. The van der Waals surface area contributed by atoms with Gasteiger partial charge in [0.05, 0.1) is 12.6 Å². The van der Waals surface area contributed by atoms with Crippen molar-refractivity contribution in [2.45, 2.75) is 13.0 Å². The fourth-order valence-corrected chi connectivity index (χ4v) is 3.30. The lowest BCUT2D eigenvalue weighted by Gasteiger charge is -2.37. The van der Waals surface area contributed by atoms with Gasteiger partial charge in [0.1, 0.15) is 5.75 Å². The molecule has 1 atom stereocenters. The molecule has 2 aromatic rings. The van der Waals surface area contributed by atoms with Gasteiger partial charge in [0.15, 0.2) is 0 Å². The first-order valence-electron chi connectivity index (χ1n) is 9.11. The summed E-state index contributed by atoms with van der Waals surface area (Å²) >= 11 is 0. The summed E-state index contributed by atoms with van der Waals surface area (Å²) in [5.41, 5.74) is 2.27. The van der Waals surface area contributed by atoms with E-state index in [0.29, 0.717) is 6.54 Å². The van der Waals surface area contributed by atoms with Gasteiger partial charge in [0.25, 0.3) is 0 Å². The zero-order valence-electron chi connectivity index (χ0n) is 15.5. The molecule has 1 fully saturated rings. The molecule has 1 N–H and O–H groups in total. The highest BCUT2D eigenvalue weighted by Crippen LogP contribution is 2.21. The van der Waals surface area contributed by atoms with Crippen molar-refractivity contribution in [3.8, 4) is 5.75 Å². The van der Waals surface area contributed by atoms with E-state index in [2.05, 4.69) is 28.9 Å². The number of hydrogen-bond acceptors (Lipinski definition) is 4. The molecule has 5 nitrogen and oxygen atoms in total. The summed E-state index contributed by atoms with van der Waals surface area (Å²) in [6, 6.07) is 17.5. The van der Waals surface area contributed by atoms with Crippen LogP contribution in [0.15, 0.2) is 54.6 Å². The number of phenolic OH excluding ortho intramolecular Hbond substituents is 1. The molecular weight excluding hydrogens is 326 g/mol. The third-order valence-corrected chi connectivity index (χ3v) is 5.20. The highest BCUT2D eigenvalue weighted by Gasteiger charge is 2.23. The van der Waals surface area contributed by atoms with Gasteiger partial charge in [0.2, 0.25) is 5.91 Å². The van der Waals surface area contributed by atoms with Gasteiger partial charge in [-0.25, -0.2) is 0 Å². The predicted octanol–water partition coefficient (Wildman–Crippen LogP) is 2.73. The number of carbonyl (C=O) groups is 1. The van der Waals surface area contributed by atoms with Crippen molar-refractivity contribution in [3.63, 3.8) is 0 Å². The summed E-state index contributed by atoms with van der Waals surface area (Å²) < 4.78 is 0. The van der Waals surface area contributed by atoms with Gasteiger partial charge >= 0.3 is 0 Å². The normalized spacial score (nSPS) is 16.3. The van der Waals surface area contributed by atoms with Gasteiger partial charge in [-0.2, -0.15) is 0 Å². The second-order valence-electron chi connectivity index (χ2n) is 6.87. The highest BCUT2D eigenvalue weighted by atomic mass is 16.3. The van der Waals surface area contributed by atoms with Crippen LogP contribution in [0, 0.1) is 0 Å². The lowest BCUT2D eigenvalue weighted by atomic mass is 10.1. The average molecular weight is 353 g/mol. The Morgan fingerprint density at radius 2 is 1.65 bits per heavy atom. The van der Waals surface area contributed by atoms with Crippen molar-refractivity contribution in [3.05, 3.63) is 60.2 Å². The number of carbonyl (C=O) groups excluding carboxylic acids is 1. The molecule has 0 spiro atoms. The SMILES string of the molecule is CC(c1ccccc1)N(C)C(=O)CN1CCN(c2ccc(O)cc2)CC1. The van der Waals surface area contributed by atoms with E-state index in [1.807, 2.05) is 42.3 Å². The number of benzene rings is 2. The number of anilines is 1. The molecule has 0 bridgehead atoms.